The molecule has 0 heterocycles. The number of ether oxygens (including phenoxy) is 3. The van der Waals surface area contributed by atoms with Gasteiger partial charge in [0.25, 0.3) is 0 Å². The van der Waals surface area contributed by atoms with Crippen LogP contribution >= 0.6 is 0 Å². The first kappa shape index (κ1) is 18.7. The molecule has 0 fully saturated rings. The number of carbonyl (C=O) groups excluding carboxylic acids is 2. The van der Waals surface area contributed by atoms with Gasteiger partial charge in [-0.25, -0.2) is 4.79 Å². The van der Waals surface area contributed by atoms with Crippen LogP contribution in [0.2, 0.25) is 0 Å². The van der Waals surface area contributed by atoms with Crippen molar-refractivity contribution in [2.45, 2.75) is 27.2 Å². The van der Waals surface area contributed by atoms with E-state index in [0.717, 1.165) is 12.0 Å². The lowest BCUT2D eigenvalue weighted by atomic mass is 9.91. The first-order chi connectivity index (χ1) is 10.9. The van der Waals surface area contributed by atoms with Gasteiger partial charge < -0.3 is 14.2 Å². The molecule has 0 aliphatic rings. The van der Waals surface area contributed by atoms with Crippen LogP contribution in [0.3, 0.4) is 0 Å². The van der Waals surface area contributed by atoms with Crippen molar-refractivity contribution in [3.63, 3.8) is 0 Å². The summed E-state index contributed by atoms with van der Waals surface area (Å²) in [6.07, 6.45) is 3.74. The third-order valence-electron chi connectivity index (χ3n) is 3.51. The highest BCUT2D eigenvalue weighted by molar-refractivity contribution is 5.86. The minimum atomic E-state index is -0.465. The molecular weight excluding hydrogens is 296 g/mol. The Bertz CT molecular complexity index is 543. The van der Waals surface area contributed by atoms with Crippen molar-refractivity contribution in [1.82, 2.24) is 0 Å². The fourth-order valence-electron chi connectivity index (χ4n) is 1.54. The van der Waals surface area contributed by atoms with Gasteiger partial charge in [0.15, 0.2) is 0 Å². The van der Waals surface area contributed by atoms with E-state index in [1.54, 1.807) is 18.2 Å². The second-order valence-corrected chi connectivity index (χ2v) is 5.65. The van der Waals surface area contributed by atoms with Crippen molar-refractivity contribution in [2.24, 2.45) is 5.41 Å². The SMILES string of the molecule is CCC(C)(C)C(=O)OCCOc1ccc(/C=C/C(=O)OC)cc1. The maximum absolute atomic E-state index is 11.8. The molecule has 0 radical (unpaired) electrons. The largest absolute Gasteiger partial charge is 0.490 e. The van der Waals surface area contributed by atoms with Crippen LogP contribution in [0.25, 0.3) is 6.08 Å². The van der Waals surface area contributed by atoms with E-state index in [-0.39, 0.29) is 12.6 Å². The molecule has 0 spiro atoms. The molecule has 0 bridgehead atoms. The molecule has 23 heavy (non-hydrogen) atoms. The van der Waals surface area contributed by atoms with Crippen LogP contribution in [0, 0.1) is 5.41 Å². The molecule has 0 atom stereocenters. The summed E-state index contributed by atoms with van der Waals surface area (Å²) in [7, 11) is 1.33. The van der Waals surface area contributed by atoms with Crippen molar-refractivity contribution in [1.29, 1.82) is 0 Å². The Morgan fingerprint density at radius 1 is 1.13 bits per heavy atom. The smallest absolute Gasteiger partial charge is 0.330 e. The highest BCUT2D eigenvalue weighted by Gasteiger charge is 2.26. The van der Waals surface area contributed by atoms with E-state index in [2.05, 4.69) is 4.74 Å². The van der Waals surface area contributed by atoms with E-state index < -0.39 is 11.4 Å². The Morgan fingerprint density at radius 2 is 1.78 bits per heavy atom. The summed E-state index contributed by atoms with van der Waals surface area (Å²) >= 11 is 0. The predicted molar refractivity (Wildman–Crippen MR) is 88.0 cm³/mol. The molecule has 0 aliphatic heterocycles. The van der Waals surface area contributed by atoms with Crippen LogP contribution in [0.15, 0.2) is 30.3 Å². The van der Waals surface area contributed by atoms with Gasteiger partial charge in [0.2, 0.25) is 0 Å². The zero-order chi connectivity index (χ0) is 17.3. The van der Waals surface area contributed by atoms with E-state index in [4.69, 9.17) is 9.47 Å². The zero-order valence-electron chi connectivity index (χ0n) is 14.1. The van der Waals surface area contributed by atoms with Crippen molar-refractivity contribution < 1.29 is 23.8 Å². The highest BCUT2D eigenvalue weighted by atomic mass is 16.6. The lowest BCUT2D eigenvalue weighted by Crippen LogP contribution is -2.27. The molecule has 0 aromatic heterocycles. The monoisotopic (exact) mass is 320 g/mol. The predicted octanol–water partition coefficient (Wildman–Crippen LogP) is 3.23. The maximum atomic E-state index is 11.8. The second kappa shape index (κ2) is 8.98. The average molecular weight is 320 g/mol. The number of carbonyl (C=O) groups is 2. The van der Waals surface area contributed by atoms with Gasteiger partial charge in [-0.1, -0.05) is 19.1 Å². The standard InChI is InChI=1S/C18H24O5/c1-5-18(2,3)17(20)23-13-12-22-15-9-6-14(7-10-15)8-11-16(19)21-4/h6-11H,5,12-13H2,1-4H3/b11-8+. The number of hydrogen-bond donors (Lipinski definition) is 0. The number of benzene rings is 1. The topological polar surface area (TPSA) is 61.8 Å². The van der Waals surface area contributed by atoms with Gasteiger partial charge in [0.05, 0.1) is 12.5 Å². The molecule has 0 aliphatic carbocycles. The van der Waals surface area contributed by atoms with Gasteiger partial charge in [-0.2, -0.15) is 0 Å². The third kappa shape index (κ3) is 6.55. The van der Waals surface area contributed by atoms with Gasteiger partial charge in [-0.3, -0.25) is 4.79 Å². The van der Waals surface area contributed by atoms with Crippen LogP contribution in [-0.4, -0.2) is 32.3 Å². The quantitative estimate of drug-likeness (QED) is 0.418. The fraction of sp³-hybridized carbons (Fsp3) is 0.444. The van der Waals surface area contributed by atoms with Crippen molar-refractivity contribution in [2.75, 3.05) is 20.3 Å². The molecular formula is C18H24O5. The number of esters is 2. The summed E-state index contributed by atoms with van der Waals surface area (Å²) in [5.74, 6) is 0.0556. The van der Waals surface area contributed by atoms with Crippen molar-refractivity contribution >= 4 is 18.0 Å². The Kier molecular flexibility index (Phi) is 7.32. The molecule has 1 aromatic rings. The van der Waals surface area contributed by atoms with Gasteiger partial charge in [0, 0.05) is 6.08 Å². The fourth-order valence-corrected chi connectivity index (χ4v) is 1.54. The normalized spacial score (nSPS) is 11.3. The van der Waals surface area contributed by atoms with Crippen LogP contribution in [-0.2, 0) is 19.1 Å². The number of hydrogen-bond acceptors (Lipinski definition) is 5. The lowest BCUT2D eigenvalue weighted by molar-refractivity contribution is -0.154. The van der Waals surface area contributed by atoms with Gasteiger partial charge in [-0.15, -0.1) is 0 Å². The molecule has 5 heteroatoms. The summed E-state index contributed by atoms with van der Waals surface area (Å²) in [4.78, 5) is 22.8. The van der Waals surface area contributed by atoms with Crippen LogP contribution in [0.1, 0.15) is 32.8 Å². The Morgan fingerprint density at radius 3 is 2.35 bits per heavy atom. The van der Waals surface area contributed by atoms with Crippen LogP contribution in [0.5, 0.6) is 5.75 Å². The van der Waals surface area contributed by atoms with Gasteiger partial charge >= 0.3 is 11.9 Å². The van der Waals surface area contributed by atoms with E-state index in [1.807, 2.05) is 32.9 Å². The molecule has 126 valence electrons. The lowest BCUT2D eigenvalue weighted by Gasteiger charge is -2.20. The minimum Gasteiger partial charge on any atom is -0.490 e. The van der Waals surface area contributed by atoms with E-state index in [1.165, 1.54) is 13.2 Å². The zero-order valence-corrected chi connectivity index (χ0v) is 14.1. The molecule has 0 amide bonds. The molecule has 1 rings (SSSR count). The van der Waals surface area contributed by atoms with E-state index in [9.17, 15) is 9.59 Å². The first-order valence-electron chi connectivity index (χ1n) is 7.55. The summed E-state index contributed by atoms with van der Waals surface area (Å²) in [6, 6.07) is 7.21. The van der Waals surface area contributed by atoms with Crippen LogP contribution < -0.4 is 4.74 Å². The van der Waals surface area contributed by atoms with Crippen LogP contribution in [0.4, 0.5) is 0 Å². The third-order valence-corrected chi connectivity index (χ3v) is 3.51. The van der Waals surface area contributed by atoms with Crippen molar-refractivity contribution in [3.05, 3.63) is 35.9 Å². The Hall–Kier alpha value is -2.30. The summed E-state index contributed by atoms with van der Waals surface area (Å²) < 4.78 is 15.2. The minimum absolute atomic E-state index is 0.215. The molecule has 0 unspecified atom stereocenters. The molecule has 1 aromatic carbocycles. The van der Waals surface area contributed by atoms with Crippen molar-refractivity contribution in [3.8, 4) is 5.75 Å². The molecule has 0 saturated carbocycles. The molecule has 0 N–H and O–H groups in total. The second-order valence-electron chi connectivity index (χ2n) is 5.65. The summed E-state index contributed by atoms with van der Waals surface area (Å²) in [5, 5.41) is 0. The van der Waals surface area contributed by atoms with E-state index >= 15 is 0 Å². The first-order valence-corrected chi connectivity index (χ1v) is 7.55. The summed E-state index contributed by atoms with van der Waals surface area (Å²) in [5.41, 5.74) is 0.395. The Balaban J connectivity index is 2.38. The Labute approximate surface area is 137 Å². The highest BCUT2D eigenvalue weighted by Crippen LogP contribution is 2.21. The maximum Gasteiger partial charge on any atom is 0.330 e. The van der Waals surface area contributed by atoms with Gasteiger partial charge in [0.1, 0.15) is 19.0 Å². The molecule has 0 saturated heterocycles. The number of methoxy groups -OCH3 is 1. The van der Waals surface area contributed by atoms with Gasteiger partial charge in [-0.05, 0) is 44.0 Å². The number of rotatable bonds is 8. The molecule has 5 nitrogen and oxygen atoms in total. The summed E-state index contributed by atoms with van der Waals surface area (Å²) in [6.45, 7) is 6.18. The average Bonchev–Trinajstić information content (AvgIpc) is 2.57. The van der Waals surface area contributed by atoms with E-state index in [0.29, 0.717) is 12.4 Å².